The lowest BCUT2D eigenvalue weighted by Gasteiger charge is -2.26. The van der Waals surface area contributed by atoms with Crippen molar-refractivity contribution in [3.05, 3.63) is 199 Å². The van der Waals surface area contributed by atoms with Crippen molar-refractivity contribution in [3.63, 3.8) is 0 Å². The van der Waals surface area contributed by atoms with Gasteiger partial charge >= 0.3 is 0 Å². The highest BCUT2D eigenvalue weighted by molar-refractivity contribution is 7.25. The highest BCUT2D eigenvalue weighted by atomic mass is 32.1. The molecule has 0 N–H and O–H groups in total. The average Bonchev–Trinajstić information content (AvgIpc) is 3.70. The summed E-state index contributed by atoms with van der Waals surface area (Å²) >= 11 is 1.87. The highest BCUT2D eigenvalue weighted by Gasteiger charge is 2.35. The Morgan fingerprint density at radius 1 is 0.358 bits per heavy atom. The smallest absolute Gasteiger partial charge is 0.0467 e. The number of rotatable bonds is 6. The van der Waals surface area contributed by atoms with Gasteiger partial charge in [0, 0.05) is 42.6 Å². The van der Waals surface area contributed by atoms with Crippen LogP contribution in [0, 0.1) is 0 Å². The molecule has 0 spiro atoms. The monoisotopic (exact) mass is 695 g/mol. The van der Waals surface area contributed by atoms with Crippen LogP contribution in [0.25, 0.3) is 64.7 Å². The molecule has 0 unspecified atom stereocenters. The van der Waals surface area contributed by atoms with E-state index in [9.17, 15) is 0 Å². The lowest BCUT2D eigenvalue weighted by atomic mass is 9.81. The largest absolute Gasteiger partial charge is 0.310 e. The Labute approximate surface area is 315 Å². The molecule has 8 aromatic carbocycles. The van der Waals surface area contributed by atoms with Crippen molar-refractivity contribution in [2.45, 2.75) is 19.3 Å². The molecule has 10 rings (SSSR count). The van der Waals surface area contributed by atoms with Crippen LogP contribution in [0.15, 0.2) is 188 Å². The van der Waals surface area contributed by atoms with E-state index in [1.807, 2.05) is 11.3 Å². The summed E-state index contributed by atoms with van der Waals surface area (Å²) in [6, 6.07) is 69.0. The molecule has 0 fully saturated rings. The first-order valence-corrected chi connectivity index (χ1v) is 19.2. The van der Waals surface area contributed by atoms with Gasteiger partial charge in [-0.2, -0.15) is 0 Å². The van der Waals surface area contributed by atoms with Gasteiger partial charge in [0.05, 0.1) is 0 Å². The van der Waals surface area contributed by atoms with Crippen LogP contribution in [0.4, 0.5) is 17.1 Å². The van der Waals surface area contributed by atoms with E-state index in [4.69, 9.17) is 0 Å². The van der Waals surface area contributed by atoms with Crippen molar-refractivity contribution in [2.75, 3.05) is 4.90 Å². The van der Waals surface area contributed by atoms with Crippen LogP contribution in [0.2, 0.25) is 0 Å². The number of hydrogen-bond acceptors (Lipinski definition) is 2. The molecule has 0 radical (unpaired) electrons. The third-order valence-electron chi connectivity index (χ3n) is 11.1. The second-order valence-electron chi connectivity index (χ2n) is 14.6. The Balaban J connectivity index is 1.01. The van der Waals surface area contributed by atoms with Crippen LogP contribution in [0.3, 0.4) is 0 Å². The topological polar surface area (TPSA) is 3.24 Å². The molecule has 9 aromatic rings. The van der Waals surface area contributed by atoms with Gasteiger partial charge in [-0.05, 0) is 116 Å². The Hall–Kier alpha value is -6.22. The molecule has 1 aliphatic carbocycles. The normalized spacial score (nSPS) is 12.9. The minimum absolute atomic E-state index is 0.0737. The average molecular weight is 696 g/mol. The second-order valence-corrected chi connectivity index (χ2v) is 15.7. The molecule has 0 saturated heterocycles. The van der Waals surface area contributed by atoms with Crippen LogP contribution in [0.1, 0.15) is 25.0 Å². The van der Waals surface area contributed by atoms with Crippen LogP contribution in [0.5, 0.6) is 0 Å². The fourth-order valence-electron chi connectivity index (χ4n) is 8.30. The predicted octanol–water partition coefficient (Wildman–Crippen LogP) is 14.8. The summed E-state index contributed by atoms with van der Waals surface area (Å²) in [5.74, 6) is 0. The van der Waals surface area contributed by atoms with Crippen molar-refractivity contribution in [1.29, 1.82) is 0 Å². The standard InChI is InChI=1S/C51H37NS/c1-51(2)47-29-24-37(31-46(47)43-27-22-38(32-48(43)51)34-12-5-3-6-13-34)36-14-11-17-42(30-36)52(40-15-7-4-8-16-40)41-25-20-35(21-26-41)39-23-28-45-44-18-9-10-19-49(44)53-50(45)33-39/h3-33H,1-2H3. The van der Waals surface area contributed by atoms with Crippen LogP contribution in [-0.2, 0) is 5.41 Å². The first-order valence-electron chi connectivity index (χ1n) is 18.3. The Kier molecular flexibility index (Phi) is 7.42. The summed E-state index contributed by atoms with van der Waals surface area (Å²) in [4.78, 5) is 2.36. The zero-order chi connectivity index (χ0) is 35.5. The molecule has 1 aromatic heterocycles. The van der Waals surface area contributed by atoms with Gasteiger partial charge in [-0.1, -0.05) is 141 Å². The van der Waals surface area contributed by atoms with Gasteiger partial charge in [0.25, 0.3) is 0 Å². The fourth-order valence-corrected chi connectivity index (χ4v) is 9.45. The molecule has 1 heterocycles. The molecule has 0 atom stereocenters. The van der Waals surface area contributed by atoms with E-state index in [-0.39, 0.29) is 5.41 Å². The molecule has 0 saturated carbocycles. The number of thiophene rings is 1. The lowest BCUT2D eigenvalue weighted by Crippen LogP contribution is -2.15. The maximum Gasteiger partial charge on any atom is 0.0467 e. The zero-order valence-corrected chi connectivity index (χ0v) is 30.6. The maximum absolute atomic E-state index is 2.40. The Morgan fingerprint density at radius 3 is 1.75 bits per heavy atom. The minimum atomic E-state index is -0.0737. The van der Waals surface area contributed by atoms with E-state index >= 15 is 0 Å². The summed E-state index contributed by atoms with van der Waals surface area (Å²) in [5.41, 5.74) is 16.1. The fraction of sp³-hybridized carbons (Fsp3) is 0.0588. The highest BCUT2D eigenvalue weighted by Crippen LogP contribution is 2.51. The summed E-state index contributed by atoms with van der Waals surface area (Å²) in [7, 11) is 0. The molecule has 2 heteroatoms. The van der Waals surface area contributed by atoms with Gasteiger partial charge in [-0.3, -0.25) is 0 Å². The quantitative estimate of drug-likeness (QED) is 0.167. The van der Waals surface area contributed by atoms with Crippen molar-refractivity contribution < 1.29 is 0 Å². The minimum Gasteiger partial charge on any atom is -0.310 e. The van der Waals surface area contributed by atoms with Gasteiger partial charge in [-0.25, -0.2) is 0 Å². The molecule has 53 heavy (non-hydrogen) atoms. The third kappa shape index (κ3) is 5.37. The molecular formula is C51H37NS. The second kappa shape index (κ2) is 12.5. The van der Waals surface area contributed by atoms with Gasteiger partial charge in [0.2, 0.25) is 0 Å². The molecule has 252 valence electrons. The van der Waals surface area contributed by atoms with E-state index in [2.05, 4.69) is 207 Å². The molecule has 0 amide bonds. The first kappa shape index (κ1) is 31.5. The van der Waals surface area contributed by atoms with Crippen LogP contribution < -0.4 is 4.90 Å². The van der Waals surface area contributed by atoms with E-state index < -0.39 is 0 Å². The maximum atomic E-state index is 2.40. The van der Waals surface area contributed by atoms with Crippen molar-refractivity contribution in [1.82, 2.24) is 0 Å². The lowest BCUT2D eigenvalue weighted by molar-refractivity contribution is 0.660. The summed E-state index contributed by atoms with van der Waals surface area (Å²) in [6.07, 6.45) is 0. The van der Waals surface area contributed by atoms with Crippen LogP contribution >= 0.6 is 11.3 Å². The SMILES string of the molecule is CC1(C)c2ccc(-c3cccc(N(c4ccccc4)c4ccc(-c5ccc6c(c5)sc5ccccc56)cc4)c3)cc2-c2ccc(-c3ccccc3)cc21. The molecule has 0 aliphatic heterocycles. The molecule has 1 nitrogen and oxygen atoms in total. The predicted molar refractivity (Wildman–Crippen MR) is 228 cm³/mol. The number of benzene rings is 8. The van der Waals surface area contributed by atoms with Gasteiger partial charge in [-0.15, -0.1) is 11.3 Å². The first-order chi connectivity index (χ1) is 26.0. The van der Waals surface area contributed by atoms with Crippen molar-refractivity contribution >= 4 is 48.6 Å². The number of nitrogens with zero attached hydrogens (tertiary/aromatic N) is 1. The van der Waals surface area contributed by atoms with Crippen molar-refractivity contribution in [3.8, 4) is 44.5 Å². The third-order valence-corrected chi connectivity index (χ3v) is 12.2. The van der Waals surface area contributed by atoms with E-state index in [0.29, 0.717) is 0 Å². The van der Waals surface area contributed by atoms with Crippen molar-refractivity contribution in [2.24, 2.45) is 0 Å². The number of hydrogen-bond donors (Lipinski definition) is 0. The van der Waals surface area contributed by atoms with Gasteiger partial charge in [0.15, 0.2) is 0 Å². The molecule has 1 aliphatic rings. The van der Waals surface area contributed by atoms with E-state index in [1.54, 1.807) is 0 Å². The van der Waals surface area contributed by atoms with Gasteiger partial charge < -0.3 is 4.90 Å². The molecular weight excluding hydrogens is 659 g/mol. The Morgan fingerprint density at radius 2 is 0.925 bits per heavy atom. The Bertz CT molecular complexity index is 2790. The van der Waals surface area contributed by atoms with Crippen LogP contribution in [-0.4, -0.2) is 0 Å². The zero-order valence-electron chi connectivity index (χ0n) is 29.8. The number of anilines is 3. The molecule has 0 bridgehead atoms. The van der Waals surface area contributed by atoms with E-state index in [1.165, 1.54) is 75.8 Å². The van der Waals surface area contributed by atoms with Gasteiger partial charge in [0.1, 0.15) is 0 Å². The number of para-hydroxylation sites is 1. The number of fused-ring (bicyclic) bond motifs is 6. The summed E-state index contributed by atoms with van der Waals surface area (Å²) in [5, 5.41) is 2.66. The van der Waals surface area contributed by atoms with E-state index in [0.717, 1.165) is 17.1 Å². The summed E-state index contributed by atoms with van der Waals surface area (Å²) < 4.78 is 2.66. The summed E-state index contributed by atoms with van der Waals surface area (Å²) in [6.45, 7) is 4.72.